The molecule has 0 radical (unpaired) electrons. The van der Waals surface area contributed by atoms with Gasteiger partial charge in [0.2, 0.25) is 0 Å². The van der Waals surface area contributed by atoms with E-state index in [1.54, 1.807) is 30.3 Å². The first-order valence-electron chi connectivity index (χ1n) is 5.94. The first-order chi connectivity index (χ1) is 9.01. The Morgan fingerprint density at radius 2 is 1.68 bits per heavy atom. The summed E-state index contributed by atoms with van der Waals surface area (Å²) in [5, 5.41) is 0. The molecule has 0 fully saturated rings. The van der Waals surface area contributed by atoms with E-state index in [9.17, 15) is 13.0 Å². The largest absolute Gasteiger partial charge is 0.748 e. The SMILES string of the molecule is CCc1cccc[nH+]1.O=S(=O)([O-])Cc1ccccc1. The molecule has 0 aliphatic carbocycles. The average molecular weight is 279 g/mol. The molecule has 0 atom stereocenters. The van der Waals surface area contributed by atoms with E-state index >= 15 is 0 Å². The lowest BCUT2D eigenvalue weighted by molar-refractivity contribution is -0.389. The highest BCUT2D eigenvalue weighted by molar-refractivity contribution is 7.84. The molecule has 2 rings (SSSR count). The summed E-state index contributed by atoms with van der Waals surface area (Å²) in [6.45, 7) is 2.13. The predicted octanol–water partition coefficient (Wildman–Crippen LogP) is 1.79. The normalized spacial score (nSPS) is 10.4. The van der Waals surface area contributed by atoms with Crippen LogP contribution in [0.3, 0.4) is 0 Å². The zero-order chi connectivity index (χ0) is 14.1. The van der Waals surface area contributed by atoms with Gasteiger partial charge in [0.1, 0.15) is 0 Å². The number of pyridine rings is 1. The van der Waals surface area contributed by atoms with E-state index in [-0.39, 0.29) is 0 Å². The molecule has 5 heteroatoms. The molecule has 4 nitrogen and oxygen atoms in total. The van der Waals surface area contributed by atoms with Gasteiger partial charge in [-0.15, -0.1) is 0 Å². The number of rotatable bonds is 3. The number of aromatic nitrogens is 1. The zero-order valence-electron chi connectivity index (χ0n) is 10.7. The van der Waals surface area contributed by atoms with Gasteiger partial charge in [-0.25, -0.2) is 13.4 Å². The molecule has 0 aliphatic heterocycles. The molecule has 0 saturated heterocycles. The van der Waals surface area contributed by atoms with E-state index in [2.05, 4.69) is 18.0 Å². The van der Waals surface area contributed by atoms with Crippen LogP contribution in [0.1, 0.15) is 18.2 Å². The van der Waals surface area contributed by atoms with Gasteiger partial charge in [-0.05, 0) is 5.56 Å². The van der Waals surface area contributed by atoms with Crippen LogP contribution in [0, 0.1) is 0 Å². The van der Waals surface area contributed by atoms with E-state index < -0.39 is 15.9 Å². The third-order valence-corrected chi connectivity index (χ3v) is 3.03. The third-order valence-electron chi connectivity index (χ3n) is 2.34. The Morgan fingerprint density at radius 3 is 2.11 bits per heavy atom. The number of benzene rings is 1. The van der Waals surface area contributed by atoms with Crippen LogP contribution < -0.4 is 4.98 Å². The quantitative estimate of drug-likeness (QED) is 0.804. The van der Waals surface area contributed by atoms with Crippen molar-refractivity contribution in [3.05, 3.63) is 66.0 Å². The smallest absolute Gasteiger partial charge is 0.179 e. The van der Waals surface area contributed by atoms with Gasteiger partial charge in [0.05, 0.1) is 15.9 Å². The Bertz CT molecular complexity index is 568. The molecule has 19 heavy (non-hydrogen) atoms. The first-order valence-corrected chi connectivity index (χ1v) is 7.52. The molecule has 2 aromatic rings. The molecular weight excluding hydrogens is 262 g/mol. The standard InChI is InChI=1S/C7H9N.C7H8O3S/c1-2-7-5-3-4-6-8-7;8-11(9,10)6-7-4-2-1-3-5-7/h3-6H,2H2,1H3;1-5H,6H2,(H,8,9,10). The Hall–Kier alpha value is -1.72. The fraction of sp³-hybridized carbons (Fsp3) is 0.214. The maximum Gasteiger partial charge on any atom is 0.179 e. The van der Waals surface area contributed by atoms with Gasteiger partial charge in [0.15, 0.2) is 11.9 Å². The molecule has 1 aromatic heterocycles. The number of aromatic amines is 1. The number of hydrogen-bond acceptors (Lipinski definition) is 3. The minimum absolute atomic E-state index is 0.423. The summed E-state index contributed by atoms with van der Waals surface area (Å²) in [6.07, 6.45) is 3.03. The maximum atomic E-state index is 10.2. The second-order valence-corrected chi connectivity index (χ2v) is 5.33. The molecule has 0 amide bonds. The Kier molecular flexibility index (Phi) is 6.18. The minimum atomic E-state index is -4.13. The molecule has 0 aliphatic rings. The summed E-state index contributed by atoms with van der Waals surface area (Å²) in [7, 11) is -4.13. The summed E-state index contributed by atoms with van der Waals surface area (Å²) < 4.78 is 30.7. The van der Waals surface area contributed by atoms with Crippen LogP contribution in [0.4, 0.5) is 0 Å². The second-order valence-electron chi connectivity index (χ2n) is 3.93. The number of hydrogen-bond donors (Lipinski definition) is 0. The fourth-order valence-corrected chi connectivity index (χ4v) is 2.03. The van der Waals surface area contributed by atoms with E-state index in [1.165, 1.54) is 5.69 Å². The van der Waals surface area contributed by atoms with Gasteiger partial charge in [0.25, 0.3) is 0 Å². The van der Waals surface area contributed by atoms with Gasteiger partial charge in [-0.2, -0.15) is 0 Å². The summed E-state index contributed by atoms with van der Waals surface area (Å²) in [5.41, 5.74) is 1.81. The molecule has 0 saturated carbocycles. The third kappa shape index (κ3) is 7.33. The Morgan fingerprint density at radius 1 is 1.05 bits per heavy atom. The summed E-state index contributed by atoms with van der Waals surface area (Å²) in [6, 6.07) is 14.5. The minimum Gasteiger partial charge on any atom is -0.748 e. The van der Waals surface area contributed by atoms with Gasteiger partial charge in [-0.3, -0.25) is 0 Å². The maximum absolute atomic E-state index is 10.2. The number of aryl methyl sites for hydroxylation is 1. The van der Waals surface area contributed by atoms with Crippen molar-refractivity contribution in [3.63, 3.8) is 0 Å². The van der Waals surface area contributed by atoms with Gasteiger partial charge in [0, 0.05) is 18.6 Å². The van der Waals surface area contributed by atoms with E-state index in [4.69, 9.17) is 0 Å². The lowest BCUT2D eigenvalue weighted by Gasteiger charge is -2.05. The highest BCUT2D eigenvalue weighted by atomic mass is 32.2. The molecule has 0 bridgehead atoms. The summed E-state index contributed by atoms with van der Waals surface area (Å²) in [4.78, 5) is 3.12. The van der Waals surface area contributed by atoms with E-state index in [0.717, 1.165) is 6.42 Å². The van der Waals surface area contributed by atoms with E-state index in [0.29, 0.717) is 5.56 Å². The topological polar surface area (TPSA) is 71.3 Å². The molecule has 0 unspecified atom stereocenters. The van der Waals surface area contributed by atoms with Crippen LogP contribution in [-0.4, -0.2) is 13.0 Å². The average Bonchev–Trinajstić information content (AvgIpc) is 2.40. The lowest BCUT2D eigenvalue weighted by Crippen LogP contribution is -2.06. The van der Waals surface area contributed by atoms with Crippen molar-refractivity contribution in [1.82, 2.24) is 0 Å². The Labute approximate surface area is 113 Å². The molecular formula is C14H17NO3S. The summed E-state index contributed by atoms with van der Waals surface area (Å²) in [5.74, 6) is -0.423. The van der Waals surface area contributed by atoms with Crippen LogP contribution >= 0.6 is 0 Å². The van der Waals surface area contributed by atoms with Crippen molar-refractivity contribution < 1.29 is 18.0 Å². The predicted molar refractivity (Wildman–Crippen MR) is 72.2 cm³/mol. The Balaban J connectivity index is 0.000000200. The first kappa shape index (κ1) is 15.3. The van der Waals surface area contributed by atoms with Gasteiger partial charge >= 0.3 is 0 Å². The van der Waals surface area contributed by atoms with Crippen molar-refractivity contribution >= 4 is 10.1 Å². The highest BCUT2D eigenvalue weighted by Gasteiger charge is 1.96. The van der Waals surface area contributed by atoms with Crippen LogP contribution in [0.15, 0.2) is 54.7 Å². The number of H-pyrrole nitrogens is 1. The van der Waals surface area contributed by atoms with Crippen LogP contribution in [0.2, 0.25) is 0 Å². The molecule has 0 spiro atoms. The van der Waals surface area contributed by atoms with Crippen molar-refractivity contribution in [2.75, 3.05) is 0 Å². The van der Waals surface area contributed by atoms with Gasteiger partial charge < -0.3 is 4.55 Å². The highest BCUT2D eigenvalue weighted by Crippen LogP contribution is 2.02. The molecule has 102 valence electrons. The second kappa shape index (κ2) is 7.66. The van der Waals surface area contributed by atoms with Crippen LogP contribution in [0.5, 0.6) is 0 Å². The molecule has 1 N–H and O–H groups in total. The van der Waals surface area contributed by atoms with Crippen LogP contribution in [-0.2, 0) is 22.3 Å². The lowest BCUT2D eigenvalue weighted by atomic mass is 10.2. The van der Waals surface area contributed by atoms with Crippen molar-refractivity contribution in [3.8, 4) is 0 Å². The zero-order valence-corrected chi connectivity index (χ0v) is 11.6. The fourth-order valence-electron chi connectivity index (χ4n) is 1.43. The molecule has 1 aromatic carbocycles. The number of nitrogens with one attached hydrogen (secondary N) is 1. The monoisotopic (exact) mass is 279 g/mol. The van der Waals surface area contributed by atoms with Crippen LogP contribution in [0.25, 0.3) is 0 Å². The van der Waals surface area contributed by atoms with Crippen molar-refractivity contribution in [2.45, 2.75) is 19.1 Å². The van der Waals surface area contributed by atoms with Crippen molar-refractivity contribution in [1.29, 1.82) is 0 Å². The van der Waals surface area contributed by atoms with Crippen molar-refractivity contribution in [2.24, 2.45) is 0 Å². The van der Waals surface area contributed by atoms with E-state index in [1.807, 2.05) is 18.3 Å². The molecule has 1 heterocycles. The van der Waals surface area contributed by atoms with Gasteiger partial charge in [-0.1, -0.05) is 43.3 Å². The summed E-state index contributed by atoms with van der Waals surface area (Å²) >= 11 is 0.